The van der Waals surface area contributed by atoms with E-state index < -0.39 is 0 Å². The summed E-state index contributed by atoms with van der Waals surface area (Å²) in [4.78, 5) is 15.9. The van der Waals surface area contributed by atoms with E-state index in [0.29, 0.717) is 25.4 Å². The molecule has 1 amide bonds. The van der Waals surface area contributed by atoms with Crippen LogP contribution in [0.1, 0.15) is 23.8 Å². The number of amides is 1. The first-order chi connectivity index (χ1) is 8.20. The van der Waals surface area contributed by atoms with Gasteiger partial charge in [-0.05, 0) is 13.3 Å². The predicted molar refractivity (Wildman–Crippen MR) is 62.6 cm³/mol. The molecule has 1 fully saturated rings. The largest absolute Gasteiger partial charge is 0.376 e. The Bertz CT molecular complexity index is 391. The van der Waals surface area contributed by atoms with Crippen molar-refractivity contribution in [2.75, 3.05) is 13.2 Å². The average Bonchev–Trinajstić information content (AvgIpc) is 2.90. The standard InChI is InChI=1S/C11H18N4O2/c1-8-9(2-5-17-8)14-11(16)10-6-15(4-3-12)7-13-10/h6-9H,2-5,12H2,1H3,(H,14,16). The summed E-state index contributed by atoms with van der Waals surface area (Å²) in [5.74, 6) is -0.150. The van der Waals surface area contributed by atoms with E-state index in [0.717, 1.165) is 6.42 Å². The Kier molecular flexibility index (Phi) is 3.75. The number of hydrogen-bond donors (Lipinski definition) is 2. The third-order valence-corrected chi connectivity index (χ3v) is 2.95. The minimum absolute atomic E-state index is 0.0741. The SMILES string of the molecule is CC1OCCC1NC(=O)c1cn(CCN)cn1. The molecular formula is C11H18N4O2. The van der Waals surface area contributed by atoms with Crippen LogP contribution in [-0.2, 0) is 11.3 Å². The van der Waals surface area contributed by atoms with Crippen LogP contribution in [0.2, 0.25) is 0 Å². The van der Waals surface area contributed by atoms with Crippen LogP contribution in [0.4, 0.5) is 0 Å². The number of imidazole rings is 1. The fourth-order valence-corrected chi connectivity index (χ4v) is 1.91. The van der Waals surface area contributed by atoms with Crippen LogP contribution in [0.5, 0.6) is 0 Å². The van der Waals surface area contributed by atoms with E-state index in [1.807, 2.05) is 11.5 Å². The third-order valence-electron chi connectivity index (χ3n) is 2.95. The van der Waals surface area contributed by atoms with Crippen LogP contribution in [0.25, 0.3) is 0 Å². The summed E-state index contributed by atoms with van der Waals surface area (Å²) >= 11 is 0. The van der Waals surface area contributed by atoms with Crippen molar-refractivity contribution in [2.45, 2.75) is 32.0 Å². The Morgan fingerprint density at radius 1 is 1.76 bits per heavy atom. The predicted octanol–water partition coefficient (Wildman–Crippen LogP) is -0.251. The van der Waals surface area contributed by atoms with Gasteiger partial charge in [0, 0.05) is 25.9 Å². The fraction of sp³-hybridized carbons (Fsp3) is 0.636. The monoisotopic (exact) mass is 238 g/mol. The van der Waals surface area contributed by atoms with Crippen LogP contribution in [-0.4, -0.2) is 40.8 Å². The molecule has 0 spiro atoms. The Balaban J connectivity index is 1.94. The van der Waals surface area contributed by atoms with E-state index in [1.54, 1.807) is 12.5 Å². The lowest BCUT2D eigenvalue weighted by Gasteiger charge is -2.14. The highest BCUT2D eigenvalue weighted by Crippen LogP contribution is 2.13. The van der Waals surface area contributed by atoms with Gasteiger partial charge in [0.15, 0.2) is 0 Å². The minimum Gasteiger partial charge on any atom is -0.376 e. The molecular weight excluding hydrogens is 220 g/mol. The normalized spacial score (nSPS) is 23.9. The smallest absolute Gasteiger partial charge is 0.271 e. The molecule has 2 rings (SSSR count). The Hall–Kier alpha value is -1.40. The van der Waals surface area contributed by atoms with Crippen molar-refractivity contribution >= 4 is 5.91 Å². The van der Waals surface area contributed by atoms with Gasteiger partial charge < -0.3 is 20.4 Å². The van der Waals surface area contributed by atoms with Gasteiger partial charge in [0.2, 0.25) is 0 Å². The van der Waals surface area contributed by atoms with Crippen molar-refractivity contribution in [3.63, 3.8) is 0 Å². The van der Waals surface area contributed by atoms with Crippen molar-refractivity contribution in [1.82, 2.24) is 14.9 Å². The second kappa shape index (κ2) is 5.29. The molecule has 1 aromatic rings. The lowest BCUT2D eigenvalue weighted by molar-refractivity contribution is 0.0862. The number of carbonyl (C=O) groups excluding carboxylic acids is 1. The van der Waals surface area contributed by atoms with Crippen LogP contribution in [0.15, 0.2) is 12.5 Å². The molecule has 1 saturated heterocycles. The molecule has 2 unspecified atom stereocenters. The van der Waals surface area contributed by atoms with Crippen LogP contribution in [0, 0.1) is 0 Å². The quantitative estimate of drug-likeness (QED) is 0.757. The highest BCUT2D eigenvalue weighted by molar-refractivity contribution is 5.92. The zero-order valence-electron chi connectivity index (χ0n) is 9.93. The first-order valence-corrected chi connectivity index (χ1v) is 5.85. The number of carbonyl (C=O) groups is 1. The van der Waals surface area contributed by atoms with Gasteiger partial charge in [-0.3, -0.25) is 4.79 Å². The molecule has 0 aliphatic carbocycles. The second-order valence-corrected chi connectivity index (χ2v) is 4.23. The van der Waals surface area contributed by atoms with Gasteiger partial charge in [0.05, 0.1) is 18.5 Å². The van der Waals surface area contributed by atoms with Gasteiger partial charge in [-0.1, -0.05) is 0 Å². The van der Waals surface area contributed by atoms with E-state index in [4.69, 9.17) is 10.5 Å². The van der Waals surface area contributed by atoms with Crippen molar-refractivity contribution in [1.29, 1.82) is 0 Å². The molecule has 2 heterocycles. The lowest BCUT2D eigenvalue weighted by Crippen LogP contribution is -2.39. The first kappa shape index (κ1) is 12.1. The molecule has 94 valence electrons. The van der Waals surface area contributed by atoms with Gasteiger partial charge in [-0.2, -0.15) is 0 Å². The molecule has 0 radical (unpaired) electrons. The number of nitrogens with one attached hydrogen (secondary N) is 1. The van der Waals surface area contributed by atoms with Gasteiger partial charge in [-0.15, -0.1) is 0 Å². The molecule has 17 heavy (non-hydrogen) atoms. The van der Waals surface area contributed by atoms with Crippen LogP contribution in [0.3, 0.4) is 0 Å². The molecule has 6 heteroatoms. The number of ether oxygens (including phenoxy) is 1. The number of hydrogen-bond acceptors (Lipinski definition) is 4. The molecule has 1 aliphatic rings. The number of nitrogens with zero attached hydrogens (tertiary/aromatic N) is 2. The lowest BCUT2D eigenvalue weighted by atomic mass is 10.1. The Morgan fingerprint density at radius 2 is 2.59 bits per heavy atom. The third kappa shape index (κ3) is 2.83. The minimum atomic E-state index is -0.150. The molecule has 1 aromatic heterocycles. The summed E-state index contributed by atoms with van der Waals surface area (Å²) in [6, 6.07) is 0.0853. The van der Waals surface area contributed by atoms with E-state index in [9.17, 15) is 4.79 Å². The van der Waals surface area contributed by atoms with Gasteiger partial charge in [0.25, 0.3) is 5.91 Å². The maximum absolute atomic E-state index is 11.9. The fourth-order valence-electron chi connectivity index (χ4n) is 1.91. The first-order valence-electron chi connectivity index (χ1n) is 5.85. The molecule has 0 saturated carbocycles. The second-order valence-electron chi connectivity index (χ2n) is 4.23. The van der Waals surface area contributed by atoms with Crippen molar-refractivity contribution in [3.8, 4) is 0 Å². The molecule has 2 atom stereocenters. The van der Waals surface area contributed by atoms with E-state index >= 15 is 0 Å². The Morgan fingerprint density at radius 3 is 3.24 bits per heavy atom. The van der Waals surface area contributed by atoms with Crippen molar-refractivity contribution in [2.24, 2.45) is 5.73 Å². The highest BCUT2D eigenvalue weighted by Gasteiger charge is 2.26. The van der Waals surface area contributed by atoms with E-state index in [-0.39, 0.29) is 18.1 Å². The van der Waals surface area contributed by atoms with E-state index in [2.05, 4.69) is 10.3 Å². The maximum atomic E-state index is 11.9. The van der Waals surface area contributed by atoms with Gasteiger partial charge in [0.1, 0.15) is 5.69 Å². The Labute approximate surface area is 100 Å². The number of aromatic nitrogens is 2. The molecule has 1 aliphatic heterocycles. The molecule has 0 bridgehead atoms. The van der Waals surface area contributed by atoms with Crippen LogP contribution < -0.4 is 11.1 Å². The van der Waals surface area contributed by atoms with E-state index in [1.165, 1.54) is 0 Å². The number of nitrogens with two attached hydrogens (primary N) is 1. The summed E-state index contributed by atoms with van der Waals surface area (Å²) in [5, 5.41) is 2.93. The van der Waals surface area contributed by atoms with Crippen LogP contribution >= 0.6 is 0 Å². The molecule has 6 nitrogen and oxygen atoms in total. The molecule has 0 aromatic carbocycles. The van der Waals surface area contributed by atoms with Gasteiger partial charge >= 0.3 is 0 Å². The van der Waals surface area contributed by atoms with Gasteiger partial charge in [-0.25, -0.2) is 4.98 Å². The van der Waals surface area contributed by atoms with Crippen molar-refractivity contribution < 1.29 is 9.53 Å². The molecule has 3 N–H and O–H groups in total. The zero-order valence-corrected chi connectivity index (χ0v) is 9.93. The topological polar surface area (TPSA) is 82.2 Å². The van der Waals surface area contributed by atoms with Crippen molar-refractivity contribution in [3.05, 3.63) is 18.2 Å². The summed E-state index contributed by atoms with van der Waals surface area (Å²) in [7, 11) is 0. The number of rotatable bonds is 4. The highest BCUT2D eigenvalue weighted by atomic mass is 16.5. The maximum Gasteiger partial charge on any atom is 0.271 e. The average molecular weight is 238 g/mol. The summed E-state index contributed by atoms with van der Waals surface area (Å²) in [6.07, 6.45) is 4.26. The summed E-state index contributed by atoms with van der Waals surface area (Å²) in [5.41, 5.74) is 5.86. The summed E-state index contributed by atoms with van der Waals surface area (Å²) < 4.78 is 7.20. The zero-order chi connectivity index (χ0) is 12.3. The summed E-state index contributed by atoms with van der Waals surface area (Å²) in [6.45, 7) is 3.87.